The number of hydrogen-bond acceptors (Lipinski definition) is 5. The molecule has 0 unspecified atom stereocenters. The van der Waals surface area contributed by atoms with E-state index in [1.807, 2.05) is 60.1 Å². The molecule has 194 valence electrons. The maximum absolute atomic E-state index is 6.61. The molecule has 0 aliphatic rings. The number of hydrogen-bond donors (Lipinski definition) is 0. The largest absolute Gasteiger partial charge is 0.486 e. The van der Waals surface area contributed by atoms with Gasteiger partial charge in [0.15, 0.2) is 0 Å². The Hall–Kier alpha value is -2.28. The fraction of sp³-hybridized carbons (Fsp3) is 0.214. The lowest BCUT2D eigenvalue weighted by Gasteiger charge is -2.23. The van der Waals surface area contributed by atoms with Gasteiger partial charge in [0.2, 0.25) is 0 Å². The molecule has 0 spiro atoms. The van der Waals surface area contributed by atoms with E-state index in [1.165, 1.54) is 0 Å². The van der Waals surface area contributed by atoms with Crippen molar-refractivity contribution < 1.29 is 4.74 Å². The topological polar surface area (TPSA) is 37.7 Å². The van der Waals surface area contributed by atoms with Crippen LogP contribution < -0.4 is 9.64 Å². The highest BCUT2D eigenvalue weighted by atomic mass is 35.5. The van der Waals surface area contributed by atoms with Gasteiger partial charge in [0.05, 0.1) is 16.4 Å². The van der Waals surface area contributed by atoms with Crippen molar-refractivity contribution in [2.75, 3.05) is 29.7 Å². The number of anilines is 1. The van der Waals surface area contributed by atoms with Crippen LogP contribution in [0.25, 0.3) is 11.3 Å². The quantitative estimate of drug-likeness (QED) is 0.129. The fourth-order valence-electron chi connectivity index (χ4n) is 3.67. The van der Waals surface area contributed by atoms with Crippen molar-refractivity contribution in [3.8, 4) is 17.0 Å². The number of nitrogens with zero attached hydrogens (tertiary/aromatic N) is 3. The van der Waals surface area contributed by atoms with E-state index < -0.39 is 0 Å². The van der Waals surface area contributed by atoms with Crippen molar-refractivity contribution in [2.45, 2.75) is 13.5 Å². The van der Waals surface area contributed by atoms with Gasteiger partial charge in [0.1, 0.15) is 17.4 Å². The Morgan fingerprint density at radius 3 is 2.43 bits per heavy atom. The maximum atomic E-state index is 6.61. The summed E-state index contributed by atoms with van der Waals surface area (Å²) in [6.07, 6.45) is 1.86. The Bertz CT molecular complexity index is 1310. The van der Waals surface area contributed by atoms with Crippen LogP contribution in [0.1, 0.15) is 16.1 Å². The summed E-state index contributed by atoms with van der Waals surface area (Å²) < 4.78 is 5.80. The number of alkyl halides is 2. The molecule has 4 nitrogen and oxygen atoms in total. The van der Waals surface area contributed by atoms with Crippen molar-refractivity contribution >= 4 is 76.1 Å². The van der Waals surface area contributed by atoms with Gasteiger partial charge in [-0.2, -0.15) is 0 Å². The Balaban J connectivity index is 0.00000380. The average Bonchev–Trinajstić information content (AvgIpc) is 3.36. The molecular weight excluding hydrogens is 568 g/mol. The fourth-order valence-corrected chi connectivity index (χ4v) is 5.06. The summed E-state index contributed by atoms with van der Waals surface area (Å²) in [4.78, 5) is 11.5. The van der Waals surface area contributed by atoms with Crippen molar-refractivity contribution in [1.29, 1.82) is 0 Å². The summed E-state index contributed by atoms with van der Waals surface area (Å²) in [7, 11) is 0. The molecule has 0 radical (unpaired) electrons. The van der Waals surface area contributed by atoms with Crippen molar-refractivity contribution in [3.05, 3.63) is 93.3 Å². The Kier molecular flexibility index (Phi) is 11.6. The van der Waals surface area contributed by atoms with Crippen LogP contribution >= 0.6 is 58.5 Å². The van der Waals surface area contributed by atoms with E-state index in [0.29, 0.717) is 23.4 Å². The first-order valence-corrected chi connectivity index (χ1v) is 13.8. The Morgan fingerprint density at radius 1 is 1.00 bits per heavy atom. The van der Waals surface area contributed by atoms with Gasteiger partial charge in [-0.15, -0.1) is 46.9 Å². The third-order valence-electron chi connectivity index (χ3n) is 5.57. The molecule has 0 saturated carbocycles. The first kappa shape index (κ1) is 29.3. The number of aromatic nitrogens is 1. The molecule has 1 heterocycles. The summed E-state index contributed by atoms with van der Waals surface area (Å²) in [6.45, 7) is 4.00. The minimum atomic E-state index is 0. The second-order valence-corrected chi connectivity index (χ2v) is 10.2. The first-order valence-electron chi connectivity index (χ1n) is 11.5. The van der Waals surface area contributed by atoms with E-state index in [0.717, 1.165) is 57.6 Å². The van der Waals surface area contributed by atoms with Gasteiger partial charge in [0.25, 0.3) is 0 Å². The molecule has 0 aliphatic carbocycles. The second-order valence-electron chi connectivity index (χ2n) is 8.06. The number of aliphatic imine (C=N–C) groups is 1. The van der Waals surface area contributed by atoms with Crippen molar-refractivity contribution in [3.63, 3.8) is 0 Å². The standard InChI is InChI=1S/C28H26Cl3N3OS.ClH/c1-20-15-23(34(13-11-29)14-12-30)9-7-21(20)17-32-22-8-10-25(26(31)16-22)27-19-36-28(33-27)18-35-24-5-3-2-4-6-24;/h2-10,15-17,19H,11-14,18H2,1H3;1H. The zero-order valence-corrected chi connectivity index (χ0v) is 24.1. The summed E-state index contributed by atoms with van der Waals surface area (Å²) in [6, 6.07) is 21.8. The molecule has 3 aromatic carbocycles. The first-order chi connectivity index (χ1) is 17.6. The van der Waals surface area contributed by atoms with Crippen LogP contribution in [-0.2, 0) is 6.61 Å². The van der Waals surface area contributed by atoms with E-state index in [1.54, 1.807) is 11.3 Å². The smallest absolute Gasteiger partial charge is 0.140 e. The number of halogens is 4. The van der Waals surface area contributed by atoms with Gasteiger partial charge in [0, 0.05) is 47.7 Å². The van der Waals surface area contributed by atoms with Crippen LogP contribution in [-0.4, -0.2) is 36.0 Å². The summed E-state index contributed by atoms with van der Waals surface area (Å²) in [5.74, 6) is 1.93. The molecule has 0 bridgehead atoms. The molecule has 9 heteroatoms. The van der Waals surface area contributed by atoms with Crippen molar-refractivity contribution in [2.24, 2.45) is 4.99 Å². The number of thiazole rings is 1. The third-order valence-corrected chi connectivity index (χ3v) is 7.04. The monoisotopic (exact) mass is 593 g/mol. The SMILES string of the molecule is Cc1cc(N(CCCl)CCCl)ccc1C=Nc1ccc(-c2csc(COc3ccccc3)n2)c(Cl)c1.Cl. The lowest BCUT2D eigenvalue weighted by molar-refractivity contribution is 0.305. The summed E-state index contributed by atoms with van der Waals surface area (Å²) in [5, 5.41) is 3.49. The van der Waals surface area contributed by atoms with Crippen LogP contribution in [0.3, 0.4) is 0 Å². The molecule has 37 heavy (non-hydrogen) atoms. The highest BCUT2D eigenvalue weighted by Gasteiger charge is 2.10. The molecule has 0 saturated heterocycles. The van der Waals surface area contributed by atoms with Crippen LogP contribution in [0.4, 0.5) is 11.4 Å². The summed E-state index contributed by atoms with van der Waals surface area (Å²) >= 11 is 20.1. The third kappa shape index (κ3) is 8.10. The summed E-state index contributed by atoms with van der Waals surface area (Å²) in [5.41, 5.74) is 5.75. The minimum Gasteiger partial charge on any atom is -0.486 e. The number of rotatable bonds is 11. The highest BCUT2D eigenvalue weighted by molar-refractivity contribution is 7.09. The lowest BCUT2D eigenvalue weighted by atomic mass is 10.1. The molecule has 4 rings (SSSR count). The second kappa shape index (κ2) is 14.6. The van der Waals surface area contributed by atoms with Gasteiger partial charge in [-0.3, -0.25) is 4.99 Å². The Morgan fingerprint density at radius 2 is 1.76 bits per heavy atom. The van der Waals surface area contributed by atoms with Crippen LogP contribution in [0, 0.1) is 6.92 Å². The Labute approximate surface area is 243 Å². The average molecular weight is 595 g/mol. The molecule has 1 aromatic heterocycles. The van der Waals surface area contributed by atoms with Crippen molar-refractivity contribution in [1.82, 2.24) is 4.98 Å². The maximum Gasteiger partial charge on any atom is 0.140 e. The van der Waals surface area contributed by atoms with E-state index in [9.17, 15) is 0 Å². The number of aryl methyl sites for hydroxylation is 1. The zero-order chi connectivity index (χ0) is 25.3. The number of benzene rings is 3. The predicted molar refractivity (Wildman–Crippen MR) is 163 cm³/mol. The van der Waals surface area contributed by atoms with Crippen LogP contribution in [0.5, 0.6) is 5.75 Å². The molecular formula is C28H27Cl4N3OS. The molecule has 0 atom stereocenters. The molecule has 4 aromatic rings. The van der Waals surface area contributed by atoms with E-state index in [4.69, 9.17) is 44.5 Å². The van der Waals surface area contributed by atoms with Gasteiger partial charge >= 0.3 is 0 Å². The minimum absolute atomic E-state index is 0. The van der Waals surface area contributed by atoms with E-state index in [2.05, 4.69) is 35.0 Å². The molecule has 0 fully saturated rings. The molecule has 0 amide bonds. The molecule has 0 aliphatic heterocycles. The molecule has 0 N–H and O–H groups in total. The van der Waals surface area contributed by atoms with Gasteiger partial charge < -0.3 is 9.64 Å². The number of ether oxygens (including phenoxy) is 1. The normalized spacial score (nSPS) is 10.9. The number of para-hydroxylation sites is 1. The van der Waals surface area contributed by atoms with Crippen LogP contribution in [0.2, 0.25) is 5.02 Å². The predicted octanol–water partition coefficient (Wildman–Crippen LogP) is 8.81. The van der Waals surface area contributed by atoms with Crippen LogP contribution in [0.15, 0.2) is 77.1 Å². The van der Waals surface area contributed by atoms with Gasteiger partial charge in [-0.25, -0.2) is 4.98 Å². The van der Waals surface area contributed by atoms with E-state index in [-0.39, 0.29) is 12.4 Å². The van der Waals surface area contributed by atoms with Gasteiger partial charge in [-0.1, -0.05) is 35.9 Å². The highest BCUT2D eigenvalue weighted by Crippen LogP contribution is 2.32. The van der Waals surface area contributed by atoms with E-state index >= 15 is 0 Å². The lowest BCUT2D eigenvalue weighted by Crippen LogP contribution is -2.27. The zero-order valence-electron chi connectivity index (χ0n) is 20.2. The van der Waals surface area contributed by atoms with Gasteiger partial charge in [-0.05, 0) is 60.5 Å².